The highest BCUT2D eigenvalue weighted by molar-refractivity contribution is 6.39. The standard InChI is InChI=1S/C13H17Cl2FN2/c1-3-10-6-17-8(2)7-18(10)13-11(14)4-9(16)5-12(13)15/h4-5,8,10,17H,3,6-7H2,1-2H3. The fraction of sp³-hybridized carbons (Fsp3) is 0.538. The molecule has 1 N–H and O–H groups in total. The molecule has 0 amide bonds. The van der Waals surface area contributed by atoms with E-state index in [9.17, 15) is 4.39 Å². The van der Waals surface area contributed by atoms with Crippen LogP contribution in [0.5, 0.6) is 0 Å². The minimum atomic E-state index is -0.398. The molecule has 2 nitrogen and oxygen atoms in total. The second kappa shape index (κ2) is 5.64. The predicted molar refractivity (Wildman–Crippen MR) is 75.3 cm³/mol. The Morgan fingerprint density at radius 1 is 1.39 bits per heavy atom. The zero-order chi connectivity index (χ0) is 13.3. The third kappa shape index (κ3) is 2.73. The Kier molecular flexibility index (Phi) is 4.36. The molecule has 18 heavy (non-hydrogen) atoms. The molecule has 0 aliphatic carbocycles. The van der Waals surface area contributed by atoms with Crippen LogP contribution in [0.4, 0.5) is 10.1 Å². The Morgan fingerprint density at radius 3 is 2.56 bits per heavy atom. The molecule has 1 aliphatic rings. The van der Waals surface area contributed by atoms with Crippen molar-refractivity contribution in [3.05, 3.63) is 28.0 Å². The molecule has 0 bridgehead atoms. The first-order chi connectivity index (χ1) is 8.52. The molecule has 2 unspecified atom stereocenters. The predicted octanol–water partition coefficient (Wildman–Crippen LogP) is 3.71. The molecule has 5 heteroatoms. The first-order valence-corrected chi connectivity index (χ1v) is 6.93. The lowest BCUT2D eigenvalue weighted by Crippen LogP contribution is -2.55. The van der Waals surface area contributed by atoms with Crippen molar-refractivity contribution in [2.24, 2.45) is 0 Å². The van der Waals surface area contributed by atoms with Crippen molar-refractivity contribution in [1.82, 2.24) is 5.32 Å². The van der Waals surface area contributed by atoms with Gasteiger partial charge >= 0.3 is 0 Å². The molecule has 1 heterocycles. The van der Waals surface area contributed by atoms with Crippen LogP contribution in [0.2, 0.25) is 10.0 Å². The maximum absolute atomic E-state index is 13.2. The summed E-state index contributed by atoms with van der Waals surface area (Å²) in [4.78, 5) is 2.19. The first-order valence-electron chi connectivity index (χ1n) is 6.17. The van der Waals surface area contributed by atoms with Crippen LogP contribution in [0.1, 0.15) is 20.3 Å². The molecular weight excluding hydrogens is 274 g/mol. The minimum absolute atomic E-state index is 0.335. The lowest BCUT2D eigenvalue weighted by atomic mass is 10.1. The van der Waals surface area contributed by atoms with Crippen LogP contribution < -0.4 is 10.2 Å². The number of nitrogens with zero attached hydrogens (tertiary/aromatic N) is 1. The summed E-state index contributed by atoms with van der Waals surface area (Å²) in [5.74, 6) is -0.398. The Balaban J connectivity index is 2.39. The van der Waals surface area contributed by atoms with Gasteiger partial charge in [-0.15, -0.1) is 0 Å². The molecule has 0 aromatic heterocycles. The average Bonchev–Trinajstić information content (AvgIpc) is 2.28. The van der Waals surface area contributed by atoms with E-state index in [-0.39, 0.29) is 0 Å². The summed E-state index contributed by atoms with van der Waals surface area (Å²) in [6.45, 7) is 5.95. The van der Waals surface area contributed by atoms with Crippen molar-refractivity contribution < 1.29 is 4.39 Å². The quantitative estimate of drug-likeness (QED) is 0.893. The summed E-state index contributed by atoms with van der Waals surface area (Å²) < 4.78 is 13.2. The Hall–Kier alpha value is -0.510. The number of halogens is 3. The molecule has 1 fully saturated rings. The molecule has 1 aromatic carbocycles. The summed E-state index contributed by atoms with van der Waals surface area (Å²) in [6.07, 6.45) is 0.990. The number of piperazine rings is 1. The van der Waals surface area contributed by atoms with Gasteiger partial charge in [0.25, 0.3) is 0 Å². The van der Waals surface area contributed by atoms with Crippen LogP contribution in [0.3, 0.4) is 0 Å². The Labute approximate surface area is 117 Å². The normalized spacial score (nSPS) is 24.4. The molecule has 2 rings (SSSR count). The van der Waals surface area contributed by atoms with Crippen LogP contribution >= 0.6 is 23.2 Å². The number of anilines is 1. The lowest BCUT2D eigenvalue weighted by molar-refractivity contribution is 0.402. The van der Waals surface area contributed by atoms with E-state index in [2.05, 4.69) is 24.1 Å². The van der Waals surface area contributed by atoms with E-state index in [0.717, 1.165) is 25.2 Å². The monoisotopic (exact) mass is 290 g/mol. The summed E-state index contributed by atoms with van der Waals surface area (Å²) in [5, 5.41) is 4.20. The highest BCUT2D eigenvalue weighted by Crippen LogP contribution is 2.37. The summed E-state index contributed by atoms with van der Waals surface area (Å²) in [6, 6.07) is 3.34. The number of benzene rings is 1. The summed E-state index contributed by atoms with van der Waals surface area (Å²) >= 11 is 12.3. The van der Waals surface area contributed by atoms with Gasteiger partial charge in [-0.25, -0.2) is 4.39 Å². The number of hydrogen-bond acceptors (Lipinski definition) is 2. The van der Waals surface area contributed by atoms with E-state index in [1.54, 1.807) is 0 Å². The minimum Gasteiger partial charge on any atom is -0.363 e. The first kappa shape index (κ1) is 13.9. The van der Waals surface area contributed by atoms with Crippen LogP contribution in [-0.2, 0) is 0 Å². The summed E-state index contributed by atoms with van der Waals surface area (Å²) in [7, 11) is 0. The molecule has 0 radical (unpaired) electrons. The summed E-state index contributed by atoms with van der Waals surface area (Å²) in [5.41, 5.74) is 0.750. The Bertz CT molecular complexity index is 416. The van der Waals surface area contributed by atoms with Gasteiger partial charge in [-0.1, -0.05) is 30.1 Å². The second-order valence-electron chi connectivity index (χ2n) is 4.74. The fourth-order valence-electron chi connectivity index (χ4n) is 2.40. The fourth-order valence-corrected chi connectivity index (χ4v) is 3.08. The van der Waals surface area contributed by atoms with Crippen LogP contribution in [0.15, 0.2) is 12.1 Å². The number of hydrogen-bond donors (Lipinski definition) is 1. The third-order valence-corrected chi connectivity index (χ3v) is 3.93. The van der Waals surface area contributed by atoms with Crippen LogP contribution in [0, 0.1) is 5.82 Å². The maximum atomic E-state index is 13.2. The van der Waals surface area contributed by atoms with Gasteiger partial charge in [0.15, 0.2) is 0 Å². The number of rotatable bonds is 2. The Morgan fingerprint density at radius 2 is 2.00 bits per heavy atom. The SMILES string of the molecule is CCC1CNC(C)CN1c1c(Cl)cc(F)cc1Cl. The van der Waals surface area contributed by atoms with E-state index in [1.165, 1.54) is 12.1 Å². The van der Waals surface area contributed by atoms with E-state index in [4.69, 9.17) is 23.2 Å². The second-order valence-corrected chi connectivity index (χ2v) is 5.56. The topological polar surface area (TPSA) is 15.3 Å². The van der Waals surface area contributed by atoms with Gasteiger partial charge < -0.3 is 10.2 Å². The van der Waals surface area contributed by atoms with Gasteiger partial charge in [0.2, 0.25) is 0 Å². The average molecular weight is 291 g/mol. The molecule has 100 valence electrons. The molecule has 0 saturated carbocycles. The third-order valence-electron chi connectivity index (χ3n) is 3.35. The van der Waals surface area contributed by atoms with Crippen molar-refractivity contribution in [3.63, 3.8) is 0 Å². The van der Waals surface area contributed by atoms with E-state index >= 15 is 0 Å². The zero-order valence-corrected chi connectivity index (χ0v) is 12.0. The highest BCUT2D eigenvalue weighted by Gasteiger charge is 2.27. The van der Waals surface area contributed by atoms with Crippen molar-refractivity contribution in [2.45, 2.75) is 32.4 Å². The van der Waals surface area contributed by atoms with Gasteiger partial charge in [0, 0.05) is 25.2 Å². The van der Waals surface area contributed by atoms with Crippen molar-refractivity contribution in [1.29, 1.82) is 0 Å². The molecule has 1 saturated heterocycles. The highest BCUT2D eigenvalue weighted by atomic mass is 35.5. The van der Waals surface area contributed by atoms with Crippen molar-refractivity contribution in [3.8, 4) is 0 Å². The zero-order valence-electron chi connectivity index (χ0n) is 10.5. The van der Waals surface area contributed by atoms with Crippen molar-refractivity contribution in [2.75, 3.05) is 18.0 Å². The van der Waals surface area contributed by atoms with E-state index < -0.39 is 5.82 Å². The van der Waals surface area contributed by atoms with Gasteiger partial charge in [0.05, 0.1) is 15.7 Å². The molecule has 2 atom stereocenters. The molecule has 1 aromatic rings. The number of nitrogens with one attached hydrogen (secondary N) is 1. The van der Waals surface area contributed by atoms with Gasteiger partial charge in [-0.3, -0.25) is 0 Å². The van der Waals surface area contributed by atoms with Gasteiger partial charge in [-0.2, -0.15) is 0 Å². The largest absolute Gasteiger partial charge is 0.363 e. The van der Waals surface area contributed by atoms with Crippen LogP contribution in [0.25, 0.3) is 0 Å². The van der Waals surface area contributed by atoms with Gasteiger partial charge in [0.1, 0.15) is 5.82 Å². The maximum Gasteiger partial charge on any atom is 0.126 e. The smallest absolute Gasteiger partial charge is 0.126 e. The van der Waals surface area contributed by atoms with Gasteiger partial charge in [-0.05, 0) is 25.5 Å². The van der Waals surface area contributed by atoms with E-state index in [1.807, 2.05) is 0 Å². The van der Waals surface area contributed by atoms with E-state index in [0.29, 0.717) is 22.1 Å². The molecule has 0 spiro atoms. The van der Waals surface area contributed by atoms with Crippen LogP contribution in [-0.4, -0.2) is 25.2 Å². The molecule has 1 aliphatic heterocycles. The van der Waals surface area contributed by atoms with Crippen molar-refractivity contribution >= 4 is 28.9 Å². The molecular formula is C13H17Cl2FN2. The lowest BCUT2D eigenvalue weighted by Gasteiger charge is -2.41.